The molecule has 0 fully saturated rings. The second-order valence-corrected chi connectivity index (χ2v) is 43.2. The molecule has 3 aliphatic heterocycles. The lowest BCUT2D eigenvalue weighted by Crippen LogP contribution is -2.49. The third-order valence-corrected chi connectivity index (χ3v) is 34.4. The van der Waals surface area contributed by atoms with Crippen LogP contribution in [-0.4, -0.2) is 24.3 Å². The van der Waals surface area contributed by atoms with Gasteiger partial charge in [0.25, 0.3) is 0 Å². The van der Waals surface area contributed by atoms with Gasteiger partial charge in [0.1, 0.15) is 8.07 Å². The highest BCUT2D eigenvalue weighted by Gasteiger charge is 2.40. The molecule has 1 aliphatic carbocycles. The first-order chi connectivity index (χ1) is 67.4. The predicted molar refractivity (Wildman–Crippen MR) is 583 cm³/mol. The van der Waals surface area contributed by atoms with Crippen LogP contribution in [0, 0.1) is 0 Å². The molecule has 0 amide bonds. The van der Waals surface area contributed by atoms with Crippen molar-refractivity contribution >= 4 is 166 Å². The van der Waals surface area contributed by atoms with Gasteiger partial charge in [-0.2, -0.15) is 0 Å². The van der Waals surface area contributed by atoms with E-state index in [2.05, 4.69) is 496 Å². The highest BCUT2D eigenvalue weighted by atomic mass is 28.3. The summed E-state index contributed by atoms with van der Waals surface area (Å²) in [4.78, 5) is 4.83. The van der Waals surface area contributed by atoms with Gasteiger partial charge in [-0.3, -0.25) is 0 Å². The van der Waals surface area contributed by atoms with Crippen molar-refractivity contribution in [1.29, 1.82) is 0 Å². The van der Waals surface area contributed by atoms with Crippen molar-refractivity contribution in [3.8, 4) is 101 Å². The van der Waals surface area contributed by atoms with Crippen molar-refractivity contribution in [3.05, 3.63) is 465 Å². The van der Waals surface area contributed by atoms with Crippen molar-refractivity contribution in [2.45, 2.75) is 38.8 Å². The van der Waals surface area contributed by atoms with Crippen molar-refractivity contribution < 1.29 is 4.74 Å². The number of ether oxygens (including phenoxy) is 1. The zero-order valence-corrected chi connectivity index (χ0v) is 77.6. The minimum absolute atomic E-state index is 0.283. The van der Waals surface area contributed by atoms with E-state index in [0.717, 1.165) is 46.1 Å². The number of anilines is 5. The zero-order chi connectivity index (χ0) is 90.8. The highest BCUT2D eigenvalue weighted by Crippen LogP contribution is 2.58. The molecule has 137 heavy (non-hydrogen) atoms. The lowest BCUT2D eigenvalue weighted by Gasteiger charge is -2.41. The van der Waals surface area contributed by atoms with Crippen LogP contribution >= 0.6 is 0 Å². The molecule has 2 aromatic heterocycles. The van der Waals surface area contributed by atoms with Crippen LogP contribution in [0.1, 0.15) is 36.1 Å². The fourth-order valence-electron chi connectivity index (χ4n) is 24.4. The summed E-state index contributed by atoms with van der Waals surface area (Å²) in [5, 5.41) is 25.7. The lowest BCUT2D eigenvalue weighted by atomic mass is 9.72. The SMILES string of the molecule is CN1c2ccc(-c3ccc4c(c3)c3ccccc3n4-c3ccc4cc5c(cc4c3)[Si](C)(C)c3ccccc3-5)cc2C(C)(C)c2cc(-c3c4ccccc4c(-c4cccc5ccccc45)c4ccccc34)ccc21.c1ccc(-c2c3ccccc3c(N3c4ccccc4Oc4cc(-c5ccc6c(c5)c5ccccc5n6-c5ccc6ccc7c(c6c5)Cc5ccccc5-7)ccc43)c3ccccc23)cc1. The fraction of sp³-hybridized carbons (Fsp3) is 0.0534. The molecule has 0 saturated heterocycles. The van der Waals surface area contributed by atoms with E-state index >= 15 is 0 Å². The number of rotatable bonds is 8. The van der Waals surface area contributed by atoms with Gasteiger partial charge in [-0.25, -0.2) is 0 Å². The first kappa shape index (κ1) is 78.7. The molecular weight excluding hydrogens is 1670 g/mol. The summed E-state index contributed by atoms with van der Waals surface area (Å²) in [6.07, 6.45) is 0.963. The Kier molecular flexibility index (Phi) is 17.3. The Labute approximate surface area is 795 Å². The predicted octanol–water partition coefficient (Wildman–Crippen LogP) is 34.3. The van der Waals surface area contributed by atoms with E-state index in [1.165, 1.54) is 231 Å². The van der Waals surface area contributed by atoms with Crippen LogP contribution < -0.4 is 24.9 Å². The second-order valence-electron chi connectivity index (χ2n) is 38.9. The molecule has 25 aromatic rings. The van der Waals surface area contributed by atoms with Crippen LogP contribution in [0.3, 0.4) is 0 Å². The molecule has 0 atom stereocenters. The summed E-state index contributed by atoms with van der Waals surface area (Å²) in [6, 6.07) is 165. The van der Waals surface area contributed by atoms with Gasteiger partial charge in [-0.05, 0) is 297 Å². The van der Waals surface area contributed by atoms with Crippen molar-refractivity contribution in [2.75, 3.05) is 16.8 Å². The van der Waals surface area contributed by atoms with Crippen LogP contribution in [0.15, 0.2) is 443 Å². The zero-order valence-electron chi connectivity index (χ0n) is 76.6. The number of para-hydroxylation sites is 4. The molecule has 0 N–H and O–H groups in total. The Bertz CT molecular complexity index is 9420. The average molecular weight is 1760 g/mol. The number of benzene rings is 23. The fourth-order valence-corrected chi connectivity index (χ4v) is 27.5. The summed E-state index contributed by atoms with van der Waals surface area (Å²) < 4.78 is 11.8. The van der Waals surface area contributed by atoms with Gasteiger partial charge in [-0.1, -0.05) is 355 Å². The van der Waals surface area contributed by atoms with E-state index in [4.69, 9.17) is 4.74 Å². The summed E-state index contributed by atoms with van der Waals surface area (Å²) >= 11 is 0. The maximum Gasteiger partial charge on any atom is 0.152 e. The van der Waals surface area contributed by atoms with Crippen molar-refractivity contribution in [2.24, 2.45) is 0 Å². The standard InChI is InChI=1S/C70H52N2Si.C61H38N2O/c1-70(2)60-40-46(44-30-34-63-58(38-44)51-20-12-14-27-62(51)72(63)49-33-29-45-39-59-52-21-13-15-28-66(52)73(4,5)67(59)42-48(45)37-49)31-35-64(60)71(3)65-36-32-47(41-61(65)70)68-54-22-8-10-24-56(54)69(57-25-11-9-23-55(57)68)53-26-16-18-43-17-6-7-19-50(43)53;1-2-14-39(15-3-1)60-47-19-6-8-21-49(47)61(50-22-9-7-20-48(50)60)63-56-24-12-13-25-58(56)64-59-36-41(29-33-57(59)63)40-28-32-55-53(34-40)46-18-10-11-23-54(46)62(55)43-30-26-38-27-31-45-44-17-5-4-16-42(44)35-52(45)51(38)37-43/h6-42H,1-5H3;1-34,36-37H,35H2. The van der Waals surface area contributed by atoms with Gasteiger partial charge in [0, 0.05) is 67.5 Å². The Balaban J connectivity index is 0.000000137. The smallest absolute Gasteiger partial charge is 0.152 e. The molecule has 6 heteroatoms. The van der Waals surface area contributed by atoms with E-state index in [-0.39, 0.29) is 5.41 Å². The summed E-state index contributed by atoms with van der Waals surface area (Å²) in [5.41, 5.74) is 35.9. The Morgan fingerprint density at radius 1 is 0.255 bits per heavy atom. The minimum atomic E-state index is -1.81. The third kappa shape index (κ3) is 11.9. The van der Waals surface area contributed by atoms with E-state index < -0.39 is 8.07 Å². The molecule has 29 rings (SSSR count). The Morgan fingerprint density at radius 2 is 0.715 bits per heavy atom. The van der Waals surface area contributed by atoms with Gasteiger partial charge in [0.2, 0.25) is 0 Å². The molecule has 5 heterocycles. The van der Waals surface area contributed by atoms with Crippen LogP contribution in [0.5, 0.6) is 11.5 Å². The molecule has 4 aliphatic rings. The Morgan fingerprint density at radius 3 is 1.39 bits per heavy atom. The quantitative estimate of drug-likeness (QED) is 0.112. The highest BCUT2D eigenvalue weighted by molar-refractivity contribution is 7.04. The molecule has 23 aromatic carbocycles. The van der Waals surface area contributed by atoms with Crippen LogP contribution in [-0.2, 0) is 11.8 Å². The van der Waals surface area contributed by atoms with Crippen LogP contribution in [0.4, 0.5) is 28.4 Å². The molecule has 0 saturated carbocycles. The number of hydrogen-bond donors (Lipinski definition) is 0. The Hall–Kier alpha value is -16.9. The number of nitrogens with zero attached hydrogens (tertiary/aromatic N) is 4. The lowest BCUT2D eigenvalue weighted by molar-refractivity contribution is 0.477. The largest absolute Gasteiger partial charge is 0.453 e. The van der Waals surface area contributed by atoms with Crippen LogP contribution in [0.25, 0.3) is 208 Å². The van der Waals surface area contributed by atoms with Gasteiger partial charge < -0.3 is 23.7 Å². The van der Waals surface area contributed by atoms with Crippen molar-refractivity contribution in [1.82, 2.24) is 9.13 Å². The normalized spacial score (nSPS) is 13.6. The van der Waals surface area contributed by atoms with Crippen molar-refractivity contribution in [3.63, 3.8) is 0 Å². The second kappa shape index (κ2) is 30.1. The number of hydrogen-bond acceptors (Lipinski definition) is 3. The molecular formula is C131H90N4OSi. The molecule has 0 radical (unpaired) electrons. The van der Waals surface area contributed by atoms with Crippen LogP contribution in [0.2, 0.25) is 13.1 Å². The molecule has 0 unspecified atom stereocenters. The molecule has 0 bridgehead atoms. The van der Waals surface area contributed by atoms with E-state index in [0.29, 0.717) is 0 Å². The summed E-state index contributed by atoms with van der Waals surface area (Å²) in [6.45, 7) is 9.85. The molecule has 5 nitrogen and oxygen atoms in total. The maximum atomic E-state index is 6.87. The van der Waals surface area contributed by atoms with Gasteiger partial charge in [0.05, 0.1) is 39.1 Å². The van der Waals surface area contributed by atoms with Gasteiger partial charge in [0.15, 0.2) is 11.5 Å². The van der Waals surface area contributed by atoms with Gasteiger partial charge >= 0.3 is 0 Å². The average Bonchev–Trinajstić information content (AvgIpc) is 1.52. The summed E-state index contributed by atoms with van der Waals surface area (Å²) in [7, 11) is 0.424. The first-order valence-corrected chi connectivity index (χ1v) is 50.9. The topological polar surface area (TPSA) is 25.6 Å². The third-order valence-electron chi connectivity index (χ3n) is 30.9. The minimum Gasteiger partial charge on any atom is -0.453 e. The maximum absolute atomic E-state index is 6.87. The van der Waals surface area contributed by atoms with E-state index in [1.54, 1.807) is 10.4 Å². The summed E-state index contributed by atoms with van der Waals surface area (Å²) in [5.74, 6) is 1.65. The number of fused-ring (bicyclic) bond motifs is 24. The molecule has 0 spiro atoms. The molecule has 644 valence electrons. The van der Waals surface area contributed by atoms with E-state index in [1.807, 2.05) is 0 Å². The first-order valence-electron chi connectivity index (χ1n) is 47.9. The van der Waals surface area contributed by atoms with Gasteiger partial charge in [-0.15, -0.1) is 0 Å². The number of aromatic nitrogens is 2. The monoisotopic (exact) mass is 1760 g/mol. The van der Waals surface area contributed by atoms with E-state index in [9.17, 15) is 0 Å².